The van der Waals surface area contributed by atoms with E-state index in [1.165, 1.54) is 0 Å². The first kappa shape index (κ1) is 23.0. The van der Waals surface area contributed by atoms with Crippen molar-refractivity contribution in [2.24, 2.45) is 10.7 Å². The predicted octanol–water partition coefficient (Wildman–Crippen LogP) is 3.76. The Morgan fingerprint density at radius 3 is 2.72 bits per heavy atom. The normalized spacial score (nSPS) is 17.3. The molecule has 2 aromatic carbocycles. The van der Waals surface area contributed by atoms with Crippen LogP contribution in [0.3, 0.4) is 0 Å². The number of primary amides is 1. The van der Waals surface area contributed by atoms with Gasteiger partial charge in [-0.25, -0.2) is 4.99 Å². The molecular formula is C22H29IN4O2. The predicted molar refractivity (Wildman–Crippen MR) is 127 cm³/mol. The van der Waals surface area contributed by atoms with Crippen molar-refractivity contribution in [3.63, 3.8) is 0 Å². The molecule has 6 nitrogen and oxygen atoms in total. The second kappa shape index (κ2) is 9.96. The summed E-state index contributed by atoms with van der Waals surface area (Å²) in [5.41, 5.74) is 7.66. The number of aliphatic imine (C=N–C) groups is 1. The first-order valence-corrected chi connectivity index (χ1v) is 9.59. The molecule has 1 amide bonds. The Morgan fingerprint density at radius 1 is 1.24 bits per heavy atom. The molecule has 3 rings (SSSR count). The maximum Gasteiger partial charge on any atom is 0.248 e. The number of nitrogens with zero attached hydrogens (tertiary/aromatic N) is 1. The monoisotopic (exact) mass is 508 g/mol. The van der Waals surface area contributed by atoms with Gasteiger partial charge >= 0.3 is 0 Å². The molecule has 1 heterocycles. The highest BCUT2D eigenvalue weighted by atomic mass is 127. The number of benzene rings is 2. The molecule has 0 saturated carbocycles. The summed E-state index contributed by atoms with van der Waals surface area (Å²) in [5.74, 6) is 1.20. The number of fused-ring (bicyclic) bond motifs is 1. The SMILES string of the molecule is CCNC(=NCc1cccc(C(N)=O)c1)NC1CC(C)(C)Oc2ccccc21.I. The van der Waals surface area contributed by atoms with Crippen molar-refractivity contribution < 1.29 is 9.53 Å². The van der Waals surface area contributed by atoms with Gasteiger partial charge in [0.25, 0.3) is 0 Å². The largest absolute Gasteiger partial charge is 0.487 e. The van der Waals surface area contributed by atoms with Crippen LogP contribution in [0.2, 0.25) is 0 Å². The first-order valence-electron chi connectivity index (χ1n) is 9.59. The molecule has 1 aliphatic rings. The lowest BCUT2D eigenvalue weighted by atomic mass is 9.90. The van der Waals surface area contributed by atoms with Crippen LogP contribution in [0.5, 0.6) is 5.75 Å². The molecule has 29 heavy (non-hydrogen) atoms. The Bertz CT molecular complexity index is 883. The minimum atomic E-state index is -0.433. The minimum Gasteiger partial charge on any atom is -0.487 e. The Morgan fingerprint density at radius 2 is 2.00 bits per heavy atom. The van der Waals surface area contributed by atoms with Crippen molar-refractivity contribution in [3.05, 3.63) is 65.2 Å². The van der Waals surface area contributed by atoms with Crippen molar-refractivity contribution in [2.75, 3.05) is 6.54 Å². The van der Waals surface area contributed by atoms with E-state index in [0.717, 1.165) is 35.8 Å². The number of halogens is 1. The molecule has 0 bridgehead atoms. The fourth-order valence-corrected chi connectivity index (χ4v) is 3.41. The van der Waals surface area contributed by atoms with Gasteiger partial charge in [0.1, 0.15) is 11.4 Å². The number of ether oxygens (including phenoxy) is 1. The number of para-hydroxylation sites is 1. The van der Waals surface area contributed by atoms with E-state index in [1.54, 1.807) is 12.1 Å². The van der Waals surface area contributed by atoms with E-state index in [-0.39, 0.29) is 35.6 Å². The van der Waals surface area contributed by atoms with Crippen LogP contribution in [0.4, 0.5) is 0 Å². The van der Waals surface area contributed by atoms with Gasteiger partial charge in [-0.3, -0.25) is 4.79 Å². The van der Waals surface area contributed by atoms with Crippen LogP contribution < -0.4 is 21.1 Å². The van der Waals surface area contributed by atoms with Gasteiger partial charge in [-0.15, -0.1) is 24.0 Å². The number of rotatable bonds is 5. The fraction of sp³-hybridized carbons (Fsp3) is 0.364. The van der Waals surface area contributed by atoms with E-state index in [0.29, 0.717) is 12.1 Å². The van der Waals surface area contributed by atoms with Gasteiger partial charge < -0.3 is 21.1 Å². The van der Waals surface area contributed by atoms with Crippen molar-refractivity contribution in [3.8, 4) is 5.75 Å². The molecule has 0 aliphatic carbocycles. The third-order valence-corrected chi connectivity index (χ3v) is 4.66. The van der Waals surface area contributed by atoms with Crippen LogP contribution in [0.25, 0.3) is 0 Å². The summed E-state index contributed by atoms with van der Waals surface area (Å²) < 4.78 is 6.11. The second-order valence-corrected chi connectivity index (χ2v) is 7.56. The van der Waals surface area contributed by atoms with Gasteiger partial charge in [-0.05, 0) is 44.5 Å². The van der Waals surface area contributed by atoms with E-state index in [4.69, 9.17) is 15.5 Å². The molecule has 1 aliphatic heterocycles. The van der Waals surface area contributed by atoms with Gasteiger partial charge in [0, 0.05) is 24.1 Å². The molecule has 0 spiro atoms. The molecule has 0 aromatic heterocycles. The fourth-order valence-electron chi connectivity index (χ4n) is 3.41. The standard InChI is InChI=1S/C22H28N4O2.HI/c1-4-24-21(25-14-15-8-7-9-16(12-15)20(23)27)26-18-13-22(2,3)28-19-11-6-5-10-17(18)19;/h5-12,18H,4,13-14H2,1-3H3,(H2,23,27)(H2,24,25,26);1H. The summed E-state index contributed by atoms with van der Waals surface area (Å²) in [4.78, 5) is 16.1. The van der Waals surface area contributed by atoms with E-state index in [1.807, 2.05) is 37.3 Å². The molecule has 0 radical (unpaired) electrons. The van der Waals surface area contributed by atoms with Gasteiger partial charge in [0.2, 0.25) is 5.91 Å². The number of nitrogens with one attached hydrogen (secondary N) is 2. The van der Waals surface area contributed by atoms with Crippen molar-refractivity contribution >= 4 is 35.8 Å². The zero-order chi connectivity index (χ0) is 20.1. The lowest BCUT2D eigenvalue weighted by molar-refractivity contribution is 0.0694. The molecule has 1 unspecified atom stereocenters. The van der Waals surface area contributed by atoms with Crippen LogP contribution in [0.15, 0.2) is 53.5 Å². The molecular weight excluding hydrogens is 479 g/mol. The van der Waals surface area contributed by atoms with Crippen LogP contribution in [0.1, 0.15) is 54.7 Å². The molecule has 7 heteroatoms. The Balaban J connectivity index is 0.00000300. The topological polar surface area (TPSA) is 88.7 Å². The smallest absolute Gasteiger partial charge is 0.248 e. The maximum absolute atomic E-state index is 11.4. The van der Waals surface area contributed by atoms with E-state index >= 15 is 0 Å². The van der Waals surface area contributed by atoms with Crippen molar-refractivity contribution in [1.29, 1.82) is 0 Å². The summed E-state index contributed by atoms with van der Waals surface area (Å²) in [6.45, 7) is 7.42. The first-order chi connectivity index (χ1) is 13.4. The number of carbonyl (C=O) groups excluding carboxylic acids is 1. The van der Waals surface area contributed by atoms with Crippen LogP contribution in [-0.2, 0) is 6.54 Å². The third kappa shape index (κ3) is 6.09. The van der Waals surface area contributed by atoms with Gasteiger partial charge in [0.05, 0.1) is 12.6 Å². The van der Waals surface area contributed by atoms with E-state index in [9.17, 15) is 4.79 Å². The van der Waals surface area contributed by atoms with E-state index < -0.39 is 5.91 Å². The lowest BCUT2D eigenvalue weighted by Crippen LogP contribution is -2.45. The highest BCUT2D eigenvalue weighted by Gasteiger charge is 2.33. The number of amides is 1. The number of hydrogen-bond acceptors (Lipinski definition) is 3. The summed E-state index contributed by atoms with van der Waals surface area (Å²) in [6, 6.07) is 15.4. The van der Waals surface area contributed by atoms with Crippen LogP contribution in [-0.4, -0.2) is 24.0 Å². The number of hydrogen-bond donors (Lipinski definition) is 3. The van der Waals surface area contributed by atoms with E-state index in [2.05, 4.69) is 30.5 Å². The summed E-state index contributed by atoms with van der Waals surface area (Å²) in [6.07, 6.45) is 0.825. The summed E-state index contributed by atoms with van der Waals surface area (Å²) in [7, 11) is 0. The molecule has 4 N–H and O–H groups in total. The van der Waals surface area contributed by atoms with Crippen molar-refractivity contribution in [2.45, 2.75) is 45.4 Å². The number of nitrogens with two attached hydrogens (primary N) is 1. The second-order valence-electron chi connectivity index (χ2n) is 7.56. The van der Waals surface area contributed by atoms with Gasteiger partial charge in [0.15, 0.2) is 5.96 Å². The number of guanidine groups is 1. The average molecular weight is 508 g/mol. The van der Waals surface area contributed by atoms with Crippen LogP contribution >= 0.6 is 24.0 Å². The zero-order valence-corrected chi connectivity index (χ0v) is 19.4. The highest BCUT2D eigenvalue weighted by Crippen LogP contribution is 2.39. The summed E-state index contributed by atoms with van der Waals surface area (Å²) in [5, 5.41) is 6.85. The van der Waals surface area contributed by atoms with Gasteiger partial charge in [-0.1, -0.05) is 30.3 Å². The Labute approximate surface area is 189 Å². The maximum atomic E-state index is 11.4. The van der Waals surface area contributed by atoms with Crippen molar-refractivity contribution in [1.82, 2.24) is 10.6 Å². The Kier molecular flexibility index (Phi) is 7.89. The quantitative estimate of drug-likeness (QED) is 0.326. The number of carbonyl (C=O) groups is 1. The zero-order valence-electron chi connectivity index (χ0n) is 17.1. The lowest BCUT2D eigenvalue weighted by Gasteiger charge is -2.38. The molecule has 156 valence electrons. The highest BCUT2D eigenvalue weighted by molar-refractivity contribution is 14.0. The third-order valence-electron chi connectivity index (χ3n) is 4.66. The molecule has 2 aromatic rings. The molecule has 1 atom stereocenters. The molecule has 0 fully saturated rings. The van der Waals surface area contributed by atoms with Gasteiger partial charge in [-0.2, -0.15) is 0 Å². The average Bonchev–Trinajstić information content (AvgIpc) is 2.65. The Hall–Kier alpha value is -2.29. The minimum absolute atomic E-state index is 0. The van der Waals surface area contributed by atoms with Crippen LogP contribution in [0, 0.1) is 0 Å². The summed E-state index contributed by atoms with van der Waals surface area (Å²) >= 11 is 0. The molecule has 0 saturated heterocycles.